The van der Waals surface area contributed by atoms with E-state index >= 15 is 0 Å². The van der Waals surface area contributed by atoms with Gasteiger partial charge in [0.2, 0.25) is 0 Å². The van der Waals surface area contributed by atoms with E-state index in [0.29, 0.717) is 0 Å². The lowest BCUT2D eigenvalue weighted by atomic mass is 9.98. The highest BCUT2D eigenvalue weighted by molar-refractivity contribution is 5.10. The summed E-state index contributed by atoms with van der Waals surface area (Å²) in [5, 5.41) is 0. The van der Waals surface area contributed by atoms with Crippen molar-refractivity contribution < 1.29 is 0 Å². The van der Waals surface area contributed by atoms with E-state index in [2.05, 4.69) is 6.42 Å². The summed E-state index contributed by atoms with van der Waals surface area (Å²) in [5.41, 5.74) is 0. The summed E-state index contributed by atoms with van der Waals surface area (Å²) >= 11 is 0. The van der Waals surface area contributed by atoms with Crippen LogP contribution in [-0.4, -0.2) is 0 Å². The molecule has 0 aliphatic heterocycles. The van der Waals surface area contributed by atoms with Gasteiger partial charge in [-0.2, -0.15) is 0 Å². The molecule has 0 spiro atoms. The molecule has 3 atom stereocenters. The fourth-order valence-electron chi connectivity index (χ4n) is 2.40. The molecule has 0 N–H and O–H groups in total. The van der Waals surface area contributed by atoms with Crippen molar-refractivity contribution in [1.82, 2.24) is 0 Å². The minimum atomic E-state index is 1.08. The molecule has 0 aromatic rings. The van der Waals surface area contributed by atoms with E-state index in [4.69, 9.17) is 0 Å². The summed E-state index contributed by atoms with van der Waals surface area (Å²) in [6.45, 7) is 0. The number of rotatable bonds is 1. The summed E-state index contributed by atoms with van der Waals surface area (Å²) in [6, 6.07) is 0. The predicted molar refractivity (Wildman–Crippen MR) is 36.7 cm³/mol. The van der Waals surface area contributed by atoms with Crippen molar-refractivity contribution in [3.8, 4) is 0 Å². The quantitative estimate of drug-likeness (QED) is 0.499. The first-order valence-electron chi connectivity index (χ1n) is 4.28. The Labute approximate surface area is 56.6 Å². The molecule has 0 heterocycles. The molecule has 0 amide bonds. The highest BCUT2D eigenvalue weighted by atomic mass is 14.5. The van der Waals surface area contributed by atoms with Crippen LogP contribution in [0.3, 0.4) is 0 Å². The maximum atomic E-state index is 2.66. The van der Waals surface area contributed by atoms with Crippen molar-refractivity contribution in [2.75, 3.05) is 0 Å². The SMILES string of the molecule is [CH]1C(C2CC2)CC2CC12. The summed E-state index contributed by atoms with van der Waals surface area (Å²) in [4.78, 5) is 0. The van der Waals surface area contributed by atoms with Gasteiger partial charge in [0.25, 0.3) is 0 Å². The lowest BCUT2D eigenvalue weighted by Gasteiger charge is -2.07. The van der Waals surface area contributed by atoms with Crippen molar-refractivity contribution in [3.63, 3.8) is 0 Å². The fourth-order valence-corrected chi connectivity index (χ4v) is 2.40. The first-order valence-corrected chi connectivity index (χ1v) is 4.28. The second-order valence-corrected chi connectivity index (χ2v) is 4.09. The van der Waals surface area contributed by atoms with Crippen LogP contribution in [0.2, 0.25) is 0 Å². The fraction of sp³-hybridized carbons (Fsp3) is 0.889. The molecule has 3 aliphatic rings. The van der Waals surface area contributed by atoms with Gasteiger partial charge in [0.1, 0.15) is 0 Å². The molecule has 9 heavy (non-hydrogen) atoms. The topological polar surface area (TPSA) is 0 Å². The molecule has 0 nitrogen and oxygen atoms in total. The molecule has 3 unspecified atom stereocenters. The summed E-state index contributed by atoms with van der Waals surface area (Å²) in [7, 11) is 0. The first-order chi connectivity index (χ1) is 4.43. The molecule has 3 saturated carbocycles. The maximum Gasteiger partial charge on any atom is -0.0318 e. The van der Waals surface area contributed by atoms with Crippen molar-refractivity contribution in [1.29, 1.82) is 0 Å². The smallest absolute Gasteiger partial charge is 0.0318 e. The Bertz CT molecular complexity index is 125. The minimum absolute atomic E-state index is 1.08. The molecule has 3 rings (SSSR count). The standard InChI is InChI=1S/C9H13/c1-2-6(1)7-3-8-5-9(8)4-7/h3,6-9H,1-2,4-5H2. The van der Waals surface area contributed by atoms with Gasteiger partial charge in [-0.3, -0.25) is 0 Å². The molecule has 0 heteroatoms. The van der Waals surface area contributed by atoms with Gasteiger partial charge >= 0.3 is 0 Å². The van der Waals surface area contributed by atoms with E-state index in [1.807, 2.05) is 0 Å². The van der Waals surface area contributed by atoms with E-state index in [9.17, 15) is 0 Å². The molecule has 1 radical (unpaired) electrons. The molecule has 0 bridgehead atoms. The second-order valence-electron chi connectivity index (χ2n) is 4.09. The highest BCUT2D eigenvalue weighted by Gasteiger charge is 2.49. The Hall–Kier alpha value is 0. The molecular formula is C9H13. The third kappa shape index (κ3) is 0.653. The van der Waals surface area contributed by atoms with Gasteiger partial charge in [-0.15, -0.1) is 0 Å². The molecule has 0 aromatic carbocycles. The van der Waals surface area contributed by atoms with Crippen molar-refractivity contribution in [2.45, 2.75) is 25.7 Å². The van der Waals surface area contributed by atoms with Crippen LogP contribution in [0.15, 0.2) is 0 Å². The molecule has 49 valence electrons. The van der Waals surface area contributed by atoms with Crippen molar-refractivity contribution in [2.24, 2.45) is 23.7 Å². The Morgan fingerprint density at radius 1 is 0.889 bits per heavy atom. The zero-order valence-corrected chi connectivity index (χ0v) is 5.72. The van der Waals surface area contributed by atoms with E-state index in [1.54, 1.807) is 25.7 Å². The normalized spacial score (nSPS) is 55.3. The van der Waals surface area contributed by atoms with E-state index in [0.717, 1.165) is 23.7 Å². The highest BCUT2D eigenvalue weighted by Crippen LogP contribution is 2.59. The van der Waals surface area contributed by atoms with Gasteiger partial charge in [-0.1, -0.05) is 0 Å². The van der Waals surface area contributed by atoms with E-state index in [-0.39, 0.29) is 0 Å². The van der Waals surface area contributed by atoms with E-state index in [1.165, 1.54) is 0 Å². The van der Waals surface area contributed by atoms with E-state index < -0.39 is 0 Å². The predicted octanol–water partition coefficient (Wildman–Crippen LogP) is 2.26. The third-order valence-electron chi connectivity index (χ3n) is 3.27. The van der Waals surface area contributed by atoms with Crippen LogP contribution in [-0.2, 0) is 0 Å². The number of hydrogen-bond donors (Lipinski definition) is 0. The van der Waals surface area contributed by atoms with Gasteiger partial charge in [0, 0.05) is 0 Å². The number of hydrogen-bond acceptors (Lipinski definition) is 0. The molecule has 0 aromatic heterocycles. The van der Waals surface area contributed by atoms with Crippen LogP contribution in [0.25, 0.3) is 0 Å². The maximum absolute atomic E-state index is 2.66. The average Bonchev–Trinajstić information content (AvgIpc) is 2.72. The molecule has 3 fully saturated rings. The van der Waals surface area contributed by atoms with Crippen LogP contribution < -0.4 is 0 Å². The zero-order chi connectivity index (χ0) is 5.84. The second kappa shape index (κ2) is 1.36. The summed E-state index contributed by atoms with van der Waals surface area (Å²) < 4.78 is 0. The third-order valence-corrected chi connectivity index (χ3v) is 3.27. The van der Waals surface area contributed by atoms with Gasteiger partial charge in [0.05, 0.1) is 0 Å². The largest absolute Gasteiger partial charge is 0.0499 e. The average molecular weight is 121 g/mol. The van der Waals surface area contributed by atoms with Gasteiger partial charge < -0.3 is 0 Å². The van der Waals surface area contributed by atoms with Gasteiger partial charge in [0.15, 0.2) is 0 Å². The van der Waals surface area contributed by atoms with Crippen LogP contribution in [0, 0.1) is 30.1 Å². The minimum Gasteiger partial charge on any atom is -0.0499 e. The Kier molecular flexibility index (Phi) is 0.717. The van der Waals surface area contributed by atoms with Gasteiger partial charge in [-0.05, 0) is 55.8 Å². The summed E-state index contributed by atoms with van der Waals surface area (Å²) in [5.74, 6) is 4.48. The molecule has 0 saturated heterocycles. The molecule has 3 aliphatic carbocycles. The zero-order valence-electron chi connectivity index (χ0n) is 5.72. The van der Waals surface area contributed by atoms with Crippen LogP contribution in [0.4, 0.5) is 0 Å². The Balaban J connectivity index is 1.69. The summed E-state index contributed by atoms with van der Waals surface area (Å²) in [6.07, 6.45) is 8.85. The lowest BCUT2D eigenvalue weighted by Crippen LogP contribution is -1.98. The first kappa shape index (κ1) is 4.76. The monoisotopic (exact) mass is 121 g/mol. The van der Waals surface area contributed by atoms with Crippen molar-refractivity contribution in [3.05, 3.63) is 6.42 Å². The number of fused-ring (bicyclic) bond motifs is 1. The van der Waals surface area contributed by atoms with Crippen LogP contribution in [0.5, 0.6) is 0 Å². The molecular weight excluding hydrogens is 108 g/mol. The van der Waals surface area contributed by atoms with Crippen molar-refractivity contribution >= 4 is 0 Å². The Morgan fingerprint density at radius 2 is 1.56 bits per heavy atom. The van der Waals surface area contributed by atoms with Crippen LogP contribution >= 0.6 is 0 Å². The Morgan fingerprint density at radius 3 is 2.11 bits per heavy atom. The lowest BCUT2D eigenvalue weighted by molar-refractivity contribution is 0.502. The van der Waals surface area contributed by atoms with Crippen LogP contribution in [0.1, 0.15) is 25.7 Å². The van der Waals surface area contributed by atoms with Gasteiger partial charge in [-0.25, -0.2) is 0 Å².